The third-order valence-electron chi connectivity index (χ3n) is 6.16. The highest BCUT2D eigenvalue weighted by Crippen LogP contribution is 2.33. The van der Waals surface area contributed by atoms with Gasteiger partial charge in [-0.2, -0.15) is 18.3 Å². The monoisotopic (exact) mass is 553 g/mol. The Bertz CT molecular complexity index is 1190. The third-order valence-corrected chi connectivity index (χ3v) is 7.05. The summed E-state index contributed by atoms with van der Waals surface area (Å²) in [4.78, 5) is 9.41. The lowest BCUT2D eigenvalue weighted by molar-refractivity contribution is -0.142. The minimum absolute atomic E-state index is 0.142. The molecule has 0 aliphatic carbocycles. The van der Waals surface area contributed by atoms with Crippen molar-refractivity contribution < 1.29 is 22.7 Å². The SMILES string of the molecule is CCC/C=C(\C/C=C\CF)N1CCCN(CO)CC1.Cc1cnn2c(C(F)(F)F)cc(-c3cccs3)nc12. The molecule has 1 aliphatic heterocycles. The fourth-order valence-corrected chi connectivity index (χ4v) is 4.83. The van der Waals surface area contributed by atoms with Crippen molar-refractivity contribution in [3.05, 3.63) is 65.0 Å². The minimum Gasteiger partial charge on any atom is -0.381 e. The van der Waals surface area contributed by atoms with E-state index in [-0.39, 0.29) is 19.1 Å². The van der Waals surface area contributed by atoms with Crippen molar-refractivity contribution in [2.75, 3.05) is 39.6 Å². The number of thiophene rings is 1. The van der Waals surface area contributed by atoms with Crippen LogP contribution in [0, 0.1) is 6.92 Å². The fraction of sp³-hybridized carbons (Fsp3) is 0.481. The summed E-state index contributed by atoms with van der Waals surface area (Å²) in [5.41, 5.74) is 1.65. The fourth-order valence-electron chi connectivity index (χ4n) is 4.14. The maximum Gasteiger partial charge on any atom is 0.433 e. The van der Waals surface area contributed by atoms with E-state index in [0.29, 0.717) is 16.1 Å². The Hall–Kier alpha value is -2.76. The lowest BCUT2D eigenvalue weighted by atomic mass is 10.2. The number of rotatable bonds is 8. The molecule has 0 bridgehead atoms. The van der Waals surface area contributed by atoms with Crippen LogP contribution in [0.5, 0.6) is 0 Å². The van der Waals surface area contributed by atoms with Gasteiger partial charge in [-0.05, 0) is 37.3 Å². The van der Waals surface area contributed by atoms with Crippen molar-refractivity contribution in [1.82, 2.24) is 24.4 Å². The molecule has 11 heteroatoms. The molecule has 0 amide bonds. The van der Waals surface area contributed by atoms with Crippen LogP contribution in [0.3, 0.4) is 0 Å². The predicted molar refractivity (Wildman–Crippen MR) is 144 cm³/mol. The van der Waals surface area contributed by atoms with Crippen molar-refractivity contribution in [2.24, 2.45) is 0 Å². The molecule has 6 nitrogen and oxygen atoms in total. The molecule has 4 heterocycles. The van der Waals surface area contributed by atoms with Crippen LogP contribution >= 0.6 is 11.3 Å². The molecule has 208 valence electrons. The van der Waals surface area contributed by atoms with Gasteiger partial charge >= 0.3 is 6.18 Å². The summed E-state index contributed by atoms with van der Waals surface area (Å²) in [6.07, 6.45) is 6.76. The molecule has 3 aromatic rings. The Balaban J connectivity index is 0.000000211. The molecule has 0 saturated carbocycles. The van der Waals surface area contributed by atoms with Crippen LogP contribution in [0.4, 0.5) is 17.6 Å². The van der Waals surface area contributed by atoms with E-state index in [0.717, 1.165) is 62.4 Å². The van der Waals surface area contributed by atoms with Gasteiger partial charge in [0.25, 0.3) is 0 Å². The van der Waals surface area contributed by atoms with Crippen molar-refractivity contribution in [3.63, 3.8) is 0 Å². The molecule has 1 saturated heterocycles. The lowest BCUT2D eigenvalue weighted by Gasteiger charge is -2.25. The highest BCUT2D eigenvalue weighted by atomic mass is 32.1. The van der Waals surface area contributed by atoms with Crippen molar-refractivity contribution in [1.29, 1.82) is 0 Å². The Morgan fingerprint density at radius 2 is 2.00 bits per heavy atom. The second-order valence-corrected chi connectivity index (χ2v) is 9.93. The molecular weight excluding hydrogens is 518 g/mol. The molecule has 1 fully saturated rings. The van der Waals surface area contributed by atoms with E-state index >= 15 is 0 Å². The average molecular weight is 554 g/mol. The number of aryl methyl sites for hydroxylation is 1. The smallest absolute Gasteiger partial charge is 0.381 e. The van der Waals surface area contributed by atoms with Crippen LogP contribution in [0.15, 0.2) is 53.7 Å². The number of fused-ring (bicyclic) bond motifs is 1. The Morgan fingerprint density at radius 3 is 2.66 bits per heavy atom. The lowest BCUT2D eigenvalue weighted by Crippen LogP contribution is -2.31. The first-order valence-corrected chi connectivity index (χ1v) is 13.6. The number of aliphatic hydroxyl groups excluding tert-OH is 1. The predicted octanol–water partition coefficient (Wildman–Crippen LogP) is 6.33. The number of unbranched alkanes of at least 4 members (excludes halogenated alkanes) is 1. The van der Waals surface area contributed by atoms with Gasteiger partial charge in [0.05, 0.1) is 23.5 Å². The van der Waals surface area contributed by atoms with Gasteiger partial charge < -0.3 is 10.0 Å². The zero-order valence-corrected chi connectivity index (χ0v) is 22.6. The number of halogens is 4. The summed E-state index contributed by atoms with van der Waals surface area (Å²) >= 11 is 1.35. The average Bonchev–Trinajstić information content (AvgIpc) is 3.50. The van der Waals surface area contributed by atoms with Gasteiger partial charge in [0, 0.05) is 43.9 Å². The maximum absolute atomic E-state index is 13.1. The first kappa shape index (κ1) is 29.8. The second-order valence-electron chi connectivity index (χ2n) is 8.98. The van der Waals surface area contributed by atoms with E-state index in [1.807, 2.05) is 6.08 Å². The summed E-state index contributed by atoms with van der Waals surface area (Å²) in [6.45, 7) is 7.42. The largest absolute Gasteiger partial charge is 0.433 e. The molecule has 0 spiro atoms. The van der Waals surface area contributed by atoms with E-state index in [4.69, 9.17) is 0 Å². The number of allylic oxidation sites excluding steroid dienone is 3. The Morgan fingerprint density at radius 1 is 1.18 bits per heavy atom. The maximum atomic E-state index is 13.1. The van der Waals surface area contributed by atoms with E-state index < -0.39 is 11.9 Å². The number of aliphatic hydroxyl groups is 1. The number of hydrogen-bond acceptors (Lipinski definition) is 6. The van der Waals surface area contributed by atoms with E-state index in [2.05, 4.69) is 32.9 Å². The summed E-state index contributed by atoms with van der Waals surface area (Å²) in [5, 5.41) is 14.7. The van der Waals surface area contributed by atoms with Crippen molar-refractivity contribution in [2.45, 2.75) is 45.7 Å². The van der Waals surface area contributed by atoms with Crippen LogP contribution in [-0.4, -0.2) is 69.1 Å². The summed E-state index contributed by atoms with van der Waals surface area (Å²) in [6, 6.07) is 4.56. The molecule has 0 aromatic carbocycles. The first-order chi connectivity index (χ1) is 18.3. The quantitative estimate of drug-likeness (QED) is 0.261. The molecule has 0 atom stereocenters. The van der Waals surface area contributed by atoms with Crippen molar-refractivity contribution in [3.8, 4) is 10.6 Å². The first-order valence-electron chi connectivity index (χ1n) is 12.7. The van der Waals surface area contributed by atoms with Gasteiger partial charge in [-0.25, -0.2) is 13.9 Å². The van der Waals surface area contributed by atoms with E-state index in [9.17, 15) is 22.7 Å². The summed E-state index contributed by atoms with van der Waals surface area (Å²) < 4.78 is 52.2. The van der Waals surface area contributed by atoms with Crippen LogP contribution in [0.2, 0.25) is 0 Å². The minimum atomic E-state index is -4.47. The van der Waals surface area contributed by atoms with Gasteiger partial charge in [-0.15, -0.1) is 11.3 Å². The molecule has 1 N–H and O–H groups in total. The van der Waals surface area contributed by atoms with Gasteiger partial charge in [-0.1, -0.05) is 37.6 Å². The van der Waals surface area contributed by atoms with Crippen LogP contribution in [0.1, 0.15) is 43.9 Å². The van der Waals surface area contributed by atoms with Gasteiger partial charge in [0.2, 0.25) is 0 Å². The van der Waals surface area contributed by atoms with Crippen LogP contribution in [-0.2, 0) is 6.18 Å². The molecule has 0 radical (unpaired) electrons. The Labute approximate surface area is 224 Å². The topological polar surface area (TPSA) is 56.9 Å². The van der Waals surface area contributed by atoms with Crippen LogP contribution < -0.4 is 0 Å². The standard InChI is InChI=1S/C15H27FN2O.C12H8F3N3S/c1-2-3-7-15(8-4-5-9-16)18-11-6-10-17(14-19)12-13-18;1-7-6-16-18-10(12(13,14)15)5-8(17-11(7)18)9-3-2-4-19-9/h4-5,7,19H,2-3,6,8-14H2,1H3;2-6H,1H3/b5-4-,15-7+;. The number of nitrogens with zero attached hydrogens (tertiary/aromatic N) is 5. The Kier molecular flexibility index (Phi) is 11.3. The molecule has 4 rings (SSSR count). The molecule has 0 unspecified atom stereocenters. The summed E-state index contributed by atoms with van der Waals surface area (Å²) in [5.74, 6) is 0. The zero-order chi connectivity index (χ0) is 27.5. The molecule has 38 heavy (non-hydrogen) atoms. The second kappa shape index (κ2) is 14.4. The van der Waals surface area contributed by atoms with Gasteiger partial charge in [0.15, 0.2) is 11.3 Å². The number of aromatic nitrogens is 3. The number of alkyl halides is 4. The molecular formula is C27H35F4N5OS. The van der Waals surface area contributed by atoms with E-state index in [1.165, 1.54) is 23.2 Å². The normalized spacial score (nSPS) is 15.7. The molecule has 3 aromatic heterocycles. The van der Waals surface area contributed by atoms with Gasteiger partial charge in [-0.3, -0.25) is 4.90 Å². The molecule has 1 aliphatic rings. The highest BCUT2D eigenvalue weighted by molar-refractivity contribution is 7.13. The zero-order valence-electron chi connectivity index (χ0n) is 21.8. The van der Waals surface area contributed by atoms with Crippen molar-refractivity contribution >= 4 is 17.0 Å². The van der Waals surface area contributed by atoms with Crippen LogP contribution in [0.25, 0.3) is 16.2 Å². The summed E-state index contributed by atoms with van der Waals surface area (Å²) in [7, 11) is 0. The third kappa shape index (κ3) is 8.12. The highest BCUT2D eigenvalue weighted by Gasteiger charge is 2.35. The van der Waals surface area contributed by atoms with E-state index in [1.54, 1.807) is 30.5 Å². The van der Waals surface area contributed by atoms with Gasteiger partial charge in [0.1, 0.15) is 6.67 Å². The number of hydrogen-bond donors (Lipinski definition) is 1.